The number of imidazole rings is 1. The van der Waals surface area contributed by atoms with Crippen LogP contribution in [0.3, 0.4) is 0 Å². The van der Waals surface area contributed by atoms with E-state index in [4.69, 9.17) is 4.98 Å². The van der Waals surface area contributed by atoms with E-state index in [1.165, 1.54) is 5.52 Å². The number of fused-ring (bicyclic) bond motifs is 1. The van der Waals surface area contributed by atoms with Crippen LogP contribution in [0.1, 0.15) is 32.0 Å². The molecule has 1 aliphatic rings. The molecule has 0 unspecified atom stereocenters. The number of aromatic nitrogens is 2. The second kappa shape index (κ2) is 6.77. The Morgan fingerprint density at radius 2 is 2.23 bits per heavy atom. The first kappa shape index (κ1) is 14.8. The summed E-state index contributed by atoms with van der Waals surface area (Å²) in [5.41, 5.74) is 2.20. The van der Waals surface area contributed by atoms with E-state index < -0.39 is 0 Å². The summed E-state index contributed by atoms with van der Waals surface area (Å²) in [4.78, 5) is 16.8. The van der Waals surface area contributed by atoms with Crippen molar-refractivity contribution in [3.8, 4) is 0 Å². The number of nitrogens with zero attached hydrogens (tertiary/aromatic N) is 2. The number of hydrogen-bond acceptors (Lipinski definition) is 2. The first-order valence-electron chi connectivity index (χ1n) is 8.16. The smallest absolute Gasteiger partial charge is 0.223 e. The molecule has 1 aliphatic carbocycles. The molecule has 0 saturated heterocycles. The van der Waals surface area contributed by atoms with Crippen LogP contribution >= 0.6 is 0 Å². The summed E-state index contributed by atoms with van der Waals surface area (Å²) >= 11 is 0. The zero-order chi connectivity index (χ0) is 15.4. The molecule has 4 nitrogen and oxygen atoms in total. The molecule has 0 radical (unpaired) electrons. The number of nitrogens with one attached hydrogen (secondary N) is 1. The van der Waals surface area contributed by atoms with Crippen LogP contribution in [0.15, 0.2) is 36.4 Å². The van der Waals surface area contributed by atoms with Crippen LogP contribution in [-0.4, -0.2) is 22.0 Å². The van der Waals surface area contributed by atoms with Crippen LogP contribution in [0.25, 0.3) is 11.0 Å². The summed E-state index contributed by atoms with van der Waals surface area (Å²) in [6, 6.07) is 8.19. The summed E-state index contributed by atoms with van der Waals surface area (Å²) in [6.07, 6.45) is 7.91. The molecule has 1 atom stereocenters. The predicted molar refractivity (Wildman–Crippen MR) is 88.6 cm³/mol. The largest absolute Gasteiger partial charge is 0.355 e. The zero-order valence-electron chi connectivity index (χ0n) is 13.1. The number of para-hydroxylation sites is 2. The van der Waals surface area contributed by atoms with Crippen molar-refractivity contribution in [2.24, 2.45) is 5.92 Å². The Morgan fingerprint density at radius 3 is 3.00 bits per heavy atom. The normalized spacial score (nSPS) is 17.8. The molecule has 116 valence electrons. The third-order valence-corrected chi connectivity index (χ3v) is 4.34. The van der Waals surface area contributed by atoms with E-state index in [9.17, 15) is 4.79 Å². The van der Waals surface area contributed by atoms with E-state index in [-0.39, 0.29) is 11.8 Å². The molecule has 0 bridgehead atoms. The Kier molecular flexibility index (Phi) is 4.56. The standard InChI is InChI=1S/C18H23N3O/c1-2-21-16-11-7-6-10-15(16)20-17(21)12-13-19-18(22)14-8-4-3-5-9-14/h3-4,6-7,10-11,14H,2,5,8-9,12-13H2,1H3,(H,19,22)/t14-/m0/s1. The van der Waals surface area contributed by atoms with E-state index in [0.29, 0.717) is 6.54 Å². The van der Waals surface area contributed by atoms with Gasteiger partial charge in [-0.2, -0.15) is 0 Å². The maximum atomic E-state index is 12.1. The molecule has 2 aromatic rings. The highest BCUT2D eigenvalue weighted by molar-refractivity contribution is 5.79. The second-order valence-corrected chi connectivity index (χ2v) is 5.78. The van der Waals surface area contributed by atoms with E-state index >= 15 is 0 Å². The van der Waals surface area contributed by atoms with Gasteiger partial charge in [-0.3, -0.25) is 4.79 Å². The topological polar surface area (TPSA) is 46.9 Å². The molecule has 1 N–H and O–H groups in total. The van der Waals surface area contributed by atoms with Gasteiger partial charge in [-0.25, -0.2) is 4.98 Å². The van der Waals surface area contributed by atoms with Gasteiger partial charge in [0.15, 0.2) is 0 Å². The van der Waals surface area contributed by atoms with Gasteiger partial charge < -0.3 is 9.88 Å². The van der Waals surface area contributed by atoms with Gasteiger partial charge >= 0.3 is 0 Å². The number of rotatable bonds is 5. The third-order valence-electron chi connectivity index (χ3n) is 4.34. The molecule has 0 spiro atoms. The van der Waals surface area contributed by atoms with Gasteiger partial charge in [0.1, 0.15) is 5.82 Å². The average Bonchev–Trinajstić information content (AvgIpc) is 2.93. The second-order valence-electron chi connectivity index (χ2n) is 5.78. The lowest BCUT2D eigenvalue weighted by Gasteiger charge is -2.17. The molecular weight excluding hydrogens is 274 g/mol. The number of aryl methyl sites for hydroxylation is 1. The lowest BCUT2D eigenvalue weighted by Crippen LogP contribution is -2.33. The van der Waals surface area contributed by atoms with Crippen LogP contribution in [0.4, 0.5) is 0 Å². The minimum absolute atomic E-state index is 0.148. The molecule has 1 aromatic carbocycles. The molecule has 0 aliphatic heterocycles. The first-order valence-corrected chi connectivity index (χ1v) is 8.16. The van der Waals surface area contributed by atoms with Crippen molar-refractivity contribution >= 4 is 16.9 Å². The van der Waals surface area contributed by atoms with Crippen molar-refractivity contribution in [3.05, 3.63) is 42.2 Å². The van der Waals surface area contributed by atoms with Crippen molar-refractivity contribution in [2.75, 3.05) is 6.54 Å². The van der Waals surface area contributed by atoms with E-state index in [0.717, 1.165) is 43.6 Å². The van der Waals surface area contributed by atoms with Crippen molar-refractivity contribution < 1.29 is 4.79 Å². The lowest BCUT2D eigenvalue weighted by molar-refractivity contribution is -0.125. The van der Waals surface area contributed by atoms with Gasteiger partial charge in [0, 0.05) is 25.4 Å². The van der Waals surface area contributed by atoms with Crippen molar-refractivity contribution in [3.63, 3.8) is 0 Å². The van der Waals surface area contributed by atoms with Gasteiger partial charge in [0.25, 0.3) is 0 Å². The minimum atomic E-state index is 0.148. The number of carbonyl (C=O) groups excluding carboxylic acids is 1. The molecule has 1 amide bonds. The summed E-state index contributed by atoms with van der Waals surface area (Å²) in [5.74, 6) is 1.38. The summed E-state index contributed by atoms with van der Waals surface area (Å²) in [5, 5.41) is 3.07. The van der Waals surface area contributed by atoms with Gasteiger partial charge in [-0.1, -0.05) is 24.3 Å². The summed E-state index contributed by atoms with van der Waals surface area (Å²) < 4.78 is 2.23. The fourth-order valence-electron chi connectivity index (χ4n) is 3.14. The molecule has 0 fully saturated rings. The Labute approximate surface area is 131 Å². The molecule has 1 aromatic heterocycles. The fourth-order valence-corrected chi connectivity index (χ4v) is 3.14. The predicted octanol–water partition coefficient (Wildman–Crippen LogP) is 3.07. The third kappa shape index (κ3) is 3.06. The van der Waals surface area contributed by atoms with Crippen LogP contribution in [-0.2, 0) is 17.8 Å². The van der Waals surface area contributed by atoms with Gasteiger partial charge in [-0.15, -0.1) is 0 Å². The van der Waals surface area contributed by atoms with E-state index in [1.807, 2.05) is 18.2 Å². The van der Waals surface area contributed by atoms with Gasteiger partial charge in [-0.05, 0) is 38.3 Å². The maximum absolute atomic E-state index is 12.1. The fraction of sp³-hybridized carbons (Fsp3) is 0.444. The van der Waals surface area contributed by atoms with Crippen molar-refractivity contribution in [1.82, 2.24) is 14.9 Å². The minimum Gasteiger partial charge on any atom is -0.355 e. The van der Waals surface area contributed by atoms with Gasteiger partial charge in [0.2, 0.25) is 5.91 Å². The molecular formula is C18H23N3O. The number of allylic oxidation sites excluding steroid dienone is 2. The van der Waals surface area contributed by atoms with Crippen molar-refractivity contribution in [2.45, 2.75) is 39.2 Å². The number of amides is 1. The van der Waals surface area contributed by atoms with Crippen LogP contribution in [0.5, 0.6) is 0 Å². The quantitative estimate of drug-likeness (QED) is 0.862. The first-order chi connectivity index (χ1) is 10.8. The van der Waals surface area contributed by atoms with E-state index in [2.05, 4.69) is 35.0 Å². The monoisotopic (exact) mass is 297 g/mol. The van der Waals surface area contributed by atoms with Crippen LogP contribution in [0.2, 0.25) is 0 Å². The summed E-state index contributed by atoms with van der Waals surface area (Å²) in [7, 11) is 0. The molecule has 0 saturated carbocycles. The van der Waals surface area contributed by atoms with E-state index in [1.54, 1.807) is 0 Å². The van der Waals surface area contributed by atoms with Crippen molar-refractivity contribution in [1.29, 1.82) is 0 Å². The zero-order valence-corrected chi connectivity index (χ0v) is 13.1. The average molecular weight is 297 g/mol. The number of carbonyl (C=O) groups is 1. The van der Waals surface area contributed by atoms with Crippen LogP contribution < -0.4 is 5.32 Å². The Bertz CT molecular complexity index is 687. The highest BCUT2D eigenvalue weighted by Crippen LogP contribution is 2.18. The number of hydrogen-bond donors (Lipinski definition) is 1. The Hall–Kier alpha value is -2.10. The molecule has 22 heavy (non-hydrogen) atoms. The number of benzene rings is 1. The highest BCUT2D eigenvalue weighted by atomic mass is 16.1. The van der Waals surface area contributed by atoms with Crippen LogP contribution in [0, 0.1) is 5.92 Å². The molecule has 1 heterocycles. The molecule has 3 rings (SSSR count). The summed E-state index contributed by atoms with van der Waals surface area (Å²) in [6.45, 7) is 3.68. The lowest BCUT2D eigenvalue weighted by atomic mass is 9.94. The Balaban J connectivity index is 1.61. The van der Waals surface area contributed by atoms with Gasteiger partial charge in [0.05, 0.1) is 11.0 Å². The Morgan fingerprint density at radius 1 is 1.36 bits per heavy atom. The SMILES string of the molecule is CCn1c(CCNC(=O)[C@H]2CC=CCC2)nc2ccccc21. The highest BCUT2D eigenvalue weighted by Gasteiger charge is 2.18. The molecule has 4 heteroatoms. The maximum Gasteiger partial charge on any atom is 0.223 e.